The standard InChI is InChI=1S/C10H9BrO3S/c11-7-2-1-3-9(4-7)15(13,14)10-5-8(12)6-10/h1-4,10H,5-6H2. The van der Waals surface area contributed by atoms with Crippen LogP contribution in [0.3, 0.4) is 0 Å². The zero-order chi connectivity index (χ0) is 11.1. The molecule has 2 rings (SSSR count). The summed E-state index contributed by atoms with van der Waals surface area (Å²) in [6.45, 7) is 0. The lowest BCUT2D eigenvalue weighted by atomic mass is 9.98. The molecule has 5 heteroatoms. The Balaban J connectivity index is 2.34. The highest BCUT2D eigenvalue weighted by atomic mass is 79.9. The number of rotatable bonds is 2. The van der Waals surface area contributed by atoms with Crippen molar-refractivity contribution in [3.63, 3.8) is 0 Å². The van der Waals surface area contributed by atoms with E-state index in [-0.39, 0.29) is 23.5 Å². The summed E-state index contributed by atoms with van der Waals surface area (Å²) in [5.74, 6) is 0.0265. The van der Waals surface area contributed by atoms with Crippen molar-refractivity contribution in [2.24, 2.45) is 0 Å². The summed E-state index contributed by atoms with van der Waals surface area (Å²) in [6, 6.07) is 6.57. The van der Waals surface area contributed by atoms with Crippen LogP contribution in [0.1, 0.15) is 12.8 Å². The molecule has 0 radical (unpaired) electrons. The van der Waals surface area contributed by atoms with Crippen LogP contribution in [0.15, 0.2) is 33.6 Å². The van der Waals surface area contributed by atoms with Crippen molar-refractivity contribution < 1.29 is 13.2 Å². The highest BCUT2D eigenvalue weighted by molar-refractivity contribution is 9.10. The Morgan fingerprint density at radius 3 is 2.47 bits per heavy atom. The van der Waals surface area contributed by atoms with Crippen molar-refractivity contribution in [2.75, 3.05) is 0 Å². The molecule has 0 amide bonds. The van der Waals surface area contributed by atoms with Crippen molar-refractivity contribution in [1.82, 2.24) is 0 Å². The third kappa shape index (κ3) is 1.99. The molecule has 0 bridgehead atoms. The average molecular weight is 289 g/mol. The molecule has 1 fully saturated rings. The highest BCUT2D eigenvalue weighted by Gasteiger charge is 2.38. The molecule has 0 N–H and O–H groups in total. The lowest BCUT2D eigenvalue weighted by Gasteiger charge is -2.23. The van der Waals surface area contributed by atoms with Gasteiger partial charge in [0.25, 0.3) is 0 Å². The molecule has 0 aromatic heterocycles. The van der Waals surface area contributed by atoms with Gasteiger partial charge in [-0.1, -0.05) is 22.0 Å². The van der Waals surface area contributed by atoms with Crippen molar-refractivity contribution in [1.29, 1.82) is 0 Å². The quantitative estimate of drug-likeness (QED) is 0.836. The van der Waals surface area contributed by atoms with Gasteiger partial charge in [-0.25, -0.2) is 8.42 Å². The van der Waals surface area contributed by atoms with Crippen LogP contribution in [0, 0.1) is 0 Å². The van der Waals surface area contributed by atoms with Crippen molar-refractivity contribution >= 4 is 31.6 Å². The summed E-state index contributed by atoms with van der Waals surface area (Å²) < 4.78 is 24.6. The summed E-state index contributed by atoms with van der Waals surface area (Å²) in [6.07, 6.45) is 0.323. The second-order valence-corrected chi connectivity index (χ2v) is 6.72. The van der Waals surface area contributed by atoms with Gasteiger partial charge in [0.05, 0.1) is 10.1 Å². The minimum Gasteiger partial charge on any atom is -0.300 e. The van der Waals surface area contributed by atoms with Gasteiger partial charge in [-0.3, -0.25) is 4.79 Å². The number of benzene rings is 1. The first-order valence-corrected chi connectivity index (χ1v) is 6.85. The molecule has 0 aliphatic heterocycles. The molecule has 0 saturated heterocycles. The molecule has 0 spiro atoms. The Labute approximate surface area is 96.5 Å². The van der Waals surface area contributed by atoms with Crippen LogP contribution in [0.5, 0.6) is 0 Å². The summed E-state index contributed by atoms with van der Waals surface area (Å²) in [5, 5.41) is -0.515. The molecule has 1 aromatic carbocycles. The second-order valence-electron chi connectivity index (χ2n) is 3.57. The van der Waals surface area contributed by atoms with Gasteiger partial charge in [-0.2, -0.15) is 0 Å². The number of carbonyl (C=O) groups excluding carboxylic acids is 1. The van der Waals surface area contributed by atoms with E-state index in [0.717, 1.165) is 4.47 Å². The summed E-state index contributed by atoms with van der Waals surface area (Å²) in [7, 11) is -3.31. The zero-order valence-electron chi connectivity index (χ0n) is 7.81. The van der Waals surface area contributed by atoms with Crippen LogP contribution >= 0.6 is 15.9 Å². The average Bonchev–Trinajstić information content (AvgIpc) is 2.13. The fraction of sp³-hybridized carbons (Fsp3) is 0.300. The van der Waals surface area contributed by atoms with E-state index in [1.54, 1.807) is 24.3 Å². The van der Waals surface area contributed by atoms with Crippen LogP contribution in [-0.2, 0) is 14.6 Å². The van der Waals surface area contributed by atoms with Crippen molar-refractivity contribution in [3.05, 3.63) is 28.7 Å². The van der Waals surface area contributed by atoms with E-state index in [4.69, 9.17) is 0 Å². The van der Waals surface area contributed by atoms with Gasteiger partial charge in [0.2, 0.25) is 0 Å². The maximum Gasteiger partial charge on any atom is 0.182 e. The maximum absolute atomic E-state index is 11.9. The van der Waals surface area contributed by atoms with E-state index in [9.17, 15) is 13.2 Å². The molecule has 80 valence electrons. The predicted octanol–water partition coefficient (Wildman–Crippen LogP) is 1.95. The molecular formula is C10H9BrO3S. The van der Waals surface area contributed by atoms with Crippen LogP contribution < -0.4 is 0 Å². The van der Waals surface area contributed by atoms with Crippen LogP contribution in [-0.4, -0.2) is 19.5 Å². The first-order valence-electron chi connectivity index (χ1n) is 4.51. The number of halogens is 1. The molecule has 3 nitrogen and oxygen atoms in total. The largest absolute Gasteiger partial charge is 0.300 e. The van der Waals surface area contributed by atoms with Crippen molar-refractivity contribution in [2.45, 2.75) is 23.0 Å². The molecular weight excluding hydrogens is 280 g/mol. The molecule has 0 atom stereocenters. The number of carbonyl (C=O) groups is 1. The summed E-state index contributed by atoms with van der Waals surface area (Å²) in [4.78, 5) is 11.1. The third-order valence-corrected chi connectivity index (χ3v) is 5.09. The van der Waals surface area contributed by atoms with Gasteiger partial charge in [0.15, 0.2) is 9.84 Å². The molecule has 1 aliphatic rings. The van der Waals surface area contributed by atoms with Crippen LogP contribution in [0.25, 0.3) is 0 Å². The van der Waals surface area contributed by atoms with E-state index in [1.807, 2.05) is 0 Å². The Bertz CT molecular complexity index is 499. The molecule has 0 unspecified atom stereocenters. The number of hydrogen-bond acceptors (Lipinski definition) is 3. The molecule has 15 heavy (non-hydrogen) atoms. The maximum atomic E-state index is 11.9. The minimum atomic E-state index is -3.31. The fourth-order valence-electron chi connectivity index (χ4n) is 1.50. The second kappa shape index (κ2) is 3.72. The van der Waals surface area contributed by atoms with Gasteiger partial charge in [-0.15, -0.1) is 0 Å². The number of Topliss-reactive ketones (excluding diaryl/α,β-unsaturated/α-hetero) is 1. The lowest BCUT2D eigenvalue weighted by Crippen LogP contribution is -2.36. The van der Waals surface area contributed by atoms with E-state index in [1.165, 1.54) is 0 Å². The lowest BCUT2D eigenvalue weighted by molar-refractivity contribution is -0.123. The topological polar surface area (TPSA) is 51.2 Å². The zero-order valence-corrected chi connectivity index (χ0v) is 10.2. The van der Waals surface area contributed by atoms with Gasteiger partial charge >= 0.3 is 0 Å². The normalized spacial score (nSPS) is 17.5. The Morgan fingerprint density at radius 1 is 1.27 bits per heavy atom. The van der Waals surface area contributed by atoms with E-state index in [0.29, 0.717) is 0 Å². The van der Waals surface area contributed by atoms with Gasteiger partial charge in [-0.05, 0) is 18.2 Å². The van der Waals surface area contributed by atoms with Gasteiger partial charge in [0.1, 0.15) is 5.78 Å². The molecule has 1 aromatic rings. The van der Waals surface area contributed by atoms with Gasteiger partial charge < -0.3 is 0 Å². The monoisotopic (exact) mass is 288 g/mol. The Kier molecular flexibility index (Phi) is 2.68. The third-order valence-electron chi connectivity index (χ3n) is 2.47. The minimum absolute atomic E-state index is 0.0265. The first kappa shape index (κ1) is 10.8. The fourth-order valence-corrected chi connectivity index (χ4v) is 3.81. The number of ketones is 1. The van der Waals surface area contributed by atoms with E-state index < -0.39 is 15.1 Å². The first-order chi connectivity index (χ1) is 7.00. The van der Waals surface area contributed by atoms with Crippen molar-refractivity contribution in [3.8, 4) is 0 Å². The molecule has 0 heterocycles. The van der Waals surface area contributed by atoms with Crippen LogP contribution in [0.4, 0.5) is 0 Å². The van der Waals surface area contributed by atoms with E-state index in [2.05, 4.69) is 15.9 Å². The number of sulfone groups is 1. The van der Waals surface area contributed by atoms with Gasteiger partial charge in [0, 0.05) is 17.3 Å². The highest BCUT2D eigenvalue weighted by Crippen LogP contribution is 2.29. The number of hydrogen-bond donors (Lipinski definition) is 0. The van der Waals surface area contributed by atoms with E-state index >= 15 is 0 Å². The molecule has 1 aliphatic carbocycles. The summed E-state index contributed by atoms with van der Waals surface area (Å²) in [5.41, 5.74) is 0. The summed E-state index contributed by atoms with van der Waals surface area (Å²) >= 11 is 3.22. The Hall–Kier alpha value is -0.680. The predicted molar refractivity (Wildman–Crippen MR) is 59.4 cm³/mol. The SMILES string of the molecule is O=C1CC(S(=O)(=O)c2cccc(Br)c2)C1. The van der Waals surface area contributed by atoms with Crippen LogP contribution in [0.2, 0.25) is 0 Å². The Morgan fingerprint density at radius 2 is 1.93 bits per heavy atom. The smallest absolute Gasteiger partial charge is 0.182 e. The molecule has 1 saturated carbocycles.